The number of nitrogens with zero attached hydrogens (tertiary/aromatic N) is 1. The Morgan fingerprint density at radius 3 is 2.79 bits per heavy atom. The molecular formula is C20H22N2OS. The number of anilines is 1. The Morgan fingerprint density at radius 1 is 1.17 bits per heavy atom. The molecule has 1 amide bonds. The zero-order chi connectivity index (χ0) is 16.9. The number of rotatable bonds is 6. The minimum Gasteiger partial charge on any atom is -0.346 e. The topological polar surface area (TPSA) is 34.0 Å². The summed E-state index contributed by atoms with van der Waals surface area (Å²) in [5.74, 6) is 0.437. The van der Waals surface area contributed by atoms with Gasteiger partial charge < -0.3 is 9.88 Å². The molecule has 3 aromatic rings. The van der Waals surface area contributed by atoms with Crippen molar-refractivity contribution in [3.8, 4) is 0 Å². The van der Waals surface area contributed by atoms with Gasteiger partial charge in [-0.25, -0.2) is 0 Å². The number of aryl methyl sites for hydroxylation is 2. The van der Waals surface area contributed by atoms with E-state index >= 15 is 0 Å². The molecule has 0 spiro atoms. The van der Waals surface area contributed by atoms with Gasteiger partial charge in [-0.15, -0.1) is 11.8 Å². The maximum Gasteiger partial charge on any atom is 0.234 e. The monoisotopic (exact) mass is 338 g/mol. The summed E-state index contributed by atoms with van der Waals surface area (Å²) in [5.41, 5.74) is 3.23. The van der Waals surface area contributed by atoms with Gasteiger partial charge in [0.15, 0.2) is 0 Å². The van der Waals surface area contributed by atoms with Gasteiger partial charge in [-0.3, -0.25) is 4.79 Å². The van der Waals surface area contributed by atoms with Gasteiger partial charge in [0.1, 0.15) is 0 Å². The first kappa shape index (κ1) is 16.7. The van der Waals surface area contributed by atoms with E-state index < -0.39 is 0 Å². The molecule has 0 aliphatic carbocycles. The molecule has 1 N–H and O–H groups in total. The lowest BCUT2D eigenvalue weighted by molar-refractivity contribution is -0.113. The number of carbonyl (C=O) groups excluding carboxylic acids is 1. The number of benzene rings is 2. The van der Waals surface area contributed by atoms with E-state index in [4.69, 9.17) is 0 Å². The highest BCUT2D eigenvalue weighted by molar-refractivity contribution is 8.00. The van der Waals surface area contributed by atoms with Crippen molar-refractivity contribution in [2.45, 2.75) is 31.7 Å². The van der Waals surface area contributed by atoms with E-state index in [1.165, 1.54) is 15.8 Å². The first-order chi connectivity index (χ1) is 11.7. The number of hydrogen-bond donors (Lipinski definition) is 1. The van der Waals surface area contributed by atoms with Crippen LogP contribution in [-0.4, -0.2) is 16.2 Å². The van der Waals surface area contributed by atoms with Gasteiger partial charge in [-0.1, -0.05) is 37.3 Å². The molecule has 4 heteroatoms. The zero-order valence-corrected chi connectivity index (χ0v) is 14.9. The van der Waals surface area contributed by atoms with Crippen molar-refractivity contribution in [1.82, 2.24) is 4.57 Å². The molecule has 3 rings (SSSR count). The summed E-state index contributed by atoms with van der Waals surface area (Å²) in [7, 11) is 0. The van der Waals surface area contributed by atoms with Crippen LogP contribution in [0.5, 0.6) is 0 Å². The number of fused-ring (bicyclic) bond motifs is 1. The molecular weight excluding hydrogens is 316 g/mol. The Labute approximate surface area is 147 Å². The van der Waals surface area contributed by atoms with Crippen LogP contribution >= 0.6 is 11.8 Å². The number of thioether (sulfide) groups is 1. The third kappa shape index (κ3) is 3.82. The summed E-state index contributed by atoms with van der Waals surface area (Å²) in [6.45, 7) is 5.19. The molecule has 0 saturated heterocycles. The summed E-state index contributed by atoms with van der Waals surface area (Å²) >= 11 is 1.60. The van der Waals surface area contributed by atoms with Crippen molar-refractivity contribution in [2.75, 3.05) is 11.1 Å². The van der Waals surface area contributed by atoms with Crippen molar-refractivity contribution < 1.29 is 4.79 Å². The van der Waals surface area contributed by atoms with E-state index in [1.54, 1.807) is 11.8 Å². The number of para-hydroxylation sites is 1. The first-order valence-corrected chi connectivity index (χ1v) is 9.23. The predicted octanol–water partition coefficient (Wildman–Crippen LogP) is 5.09. The summed E-state index contributed by atoms with van der Waals surface area (Å²) in [4.78, 5) is 13.4. The molecule has 3 nitrogen and oxygen atoms in total. The van der Waals surface area contributed by atoms with Crippen molar-refractivity contribution in [2.24, 2.45) is 0 Å². The van der Waals surface area contributed by atoms with Crippen molar-refractivity contribution >= 4 is 34.3 Å². The summed E-state index contributed by atoms with van der Waals surface area (Å²) < 4.78 is 2.27. The molecule has 0 radical (unpaired) electrons. The largest absolute Gasteiger partial charge is 0.346 e. The van der Waals surface area contributed by atoms with Crippen LogP contribution in [0.2, 0.25) is 0 Å². The molecule has 0 bridgehead atoms. The second-order valence-electron chi connectivity index (χ2n) is 5.91. The van der Waals surface area contributed by atoms with E-state index in [0.717, 1.165) is 24.2 Å². The molecule has 0 saturated carbocycles. The Hall–Kier alpha value is -2.20. The van der Waals surface area contributed by atoms with E-state index in [2.05, 4.69) is 47.3 Å². The molecule has 124 valence electrons. The highest BCUT2D eigenvalue weighted by atomic mass is 32.2. The average molecular weight is 338 g/mol. The van der Waals surface area contributed by atoms with Crippen LogP contribution in [0.4, 0.5) is 5.69 Å². The molecule has 1 heterocycles. The predicted molar refractivity (Wildman–Crippen MR) is 103 cm³/mol. The van der Waals surface area contributed by atoms with Gasteiger partial charge in [-0.05, 0) is 37.1 Å². The van der Waals surface area contributed by atoms with Gasteiger partial charge in [0.25, 0.3) is 0 Å². The number of hydrogen-bond acceptors (Lipinski definition) is 2. The van der Waals surface area contributed by atoms with Crippen molar-refractivity contribution in [3.63, 3.8) is 0 Å². The first-order valence-electron chi connectivity index (χ1n) is 8.24. The number of amides is 1. The second-order valence-corrected chi connectivity index (χ2v) is 6.93. The lowest BCUT2D eigenvalue weighted by Crippen LogP contribution is -2.13. The third-order valence-corrected chi connectivity index (χ3v) is 4.92. The number of carbonyl (C=O) groups is 1. The van der Waals surface area contributed by atoms with E-state index in [9.17, 15) is 4.79 Å². The highest BCUT2D eigenvalue weighted by Crippen LogP contribution is 2.30. The van der Waals surface area contributed by atoms with Crippen LogP contribution in [0.3, 0.4) is 0 Å². The zero-order valence-electron chi connectivity index (χ0n) is 14.1. The normalized spacial score (nSPS) is 10.9. The van der Waals surface area contributed by atoms with Gasteiger partial charge in [0.2, 0.25) is 5.91 Å². The minimum absolute atomic E-state index is 0.0259. The summed E-state index contributed by atoms with van der Waals surface area (Å²) in [6.07, 6.45) is 3.26. The average Bonchev–Trinajstić information content (AvgIpc) is 2.92. The van der Waals surface area contributed by atoms with Crippen LogP contribution in [0.25, 0.3) is 10.9 Å². The summed E-state index contributed by atoms with van der Waals surface area (Å²) in [5, 5.41) is 4.19. The lowest BCUT2D eigenvalue weighted by Gasteiger charge is -2.05. The van der Waals surface area contributed by atoms with E-state index in [-0.39, 0.29) is 5.91 Å². The second kappa shape index (κ2) is 7.58. The fourth-order valence-electron chi connectivity index (χ4n) is 2.82. The maximum atomic E-state index is 12.2. The van der Waals surface area contributed by atoms with Crippen LogP contribution in [0.1, 0.15) is 18.9 Å². The standard InChI is InChI=1S/C20H22N2OS/c1-3-11-22-13-19(17-9-4-5-10-18(17)22)24-14-20(23)21-16-8-6-7-15(2)12-16/h4-10,12-13H,3,11,14H2,1-2H3,(H,21,23). The maximum absolute atomic E-state index is 12.2. The van der Waals surface area contributed by atoms with E-state index in [1.807, 2.05) is 31.2 Å². The molecule has 0 aliphatic rings. The van der Waals surface area contributed by atoms with Crippen LogP contribution in [0, 0.1) is 6.92 Å². The Kier molecular flexibility index (Phi) is 5.26. The molecule has 0 atom stereocenters. The summed E-state index contributed by atoms with van der Waals surface area (Å²) in [6, 6.07) is 16.3. The molecule has 0 fully saturated rings. The van der Waals surface area contributed by atoms with E-state index in [0.29, 0.717) is 5.75 Å². The number of nitrogens with one attached hydrogen (secondary N) is 1. The Balaban J connectivity index is 1.70. The number of aromatic nitrogens is 1. The molecule has 0 unspecified atom stereocenters. The quantitative estimate of drug-likeness (QED) is 0.635. The SMILES string of the molecule is CCCn1cc(SCC(=O)Nc2cccc(C)c2)c2ccccc21. The molecule has 2 aromatic carbocycles. The molecule has 0 aliphatic heterocycles. The fraction of sp³-hybridized carbons (Fsp3) is 0.250. The van der Waals surface area contributed by atoms with Gasteiger partial charge >= 0.3 is 0 Å². The Bertz CT molecular complexity index is 854. The van der Waals surface area contributed by atoms with Crippen LogP contribution in [-0.2, 0) is 11.3 Å². The van der Waals surface area contributed by atoms with Crippen LogP contribution in [0.15, 0.2) is 59.6 Å². The van der Waals surface area contributed by atoms with Gasteiger partial charge in [0.05, 0.1) is 5.75 Å². The van der Waals surface area contributed by atoms with Crippen molar-refractivity contribution in [1.29, 1.82) is 0 Å². The fourth-order valence-corrected chi connectivity index (χ4v) is 3.71. The highest BCUT2D eigenvalue weighted by Gasteiger charge is 2.10. The molecule has 1 aromatic heterocycles. The van der Waals surface area contributed by atoms with Crippen molar-refractivity contribution in [3.05, 3.63) is 60.3 Å². The smallest absolute Gasteiger partial charge is 0.234 e. The van der Waals surface area contributed by atoms with Crippen LogP contribution < -0.4 is 5.32 Å². The molecule has 24 heavy (non-hydrogen) atoms. The Morgan fingerprint density at radius 2 is 2.00 bits per heavy atom. The minimum atomic E-state index is 0.0259. The third-order valence-electron chi connectivity index (χ3n) is 3.88. The lowest BCUT2D eigenvalue weighted by atomic mass is 10.2. The van der Waals surface area contributed by atoms with Gasteiger partial charge in [0, 0.05) is 34.2 Å². The van der Waals surface area contributed by atoms with Gasteiger partial charge in [-0.2, -0.15) is 0 Å².